The predicted molar refractivity (Wildman–Crippen MR) is 103 cm³/mol. The molecule has 1 atom stereocenters. The second-order valence-corrected chi connectivity index (χ2v) is 8.09. The van der Waals surface area contributed by atoms with Gasteiger partial charge in [-0.15, -0.1) is 0 Å². The molecule has 27 heavy (non-hydrogen) atoms. The number of hydrogen-bond acceptors (Lipinski definition) is 3. The van der Waals surface area contributed by atoms with Crippen molar-refractivity contribution in [2.75, 3.05) is 0 Å². The largest absolute Gasteiger partial charge is 0.446 e. The number of rotatable bonds is 2. The van der Waals surface area contributed by atoms with E-state index in [1.165, 1.54) is 6.07 Å². The third-order valence-corrected chi connectivity index (χ3v) is 4.80. The van der Waals surface area contributed by atoms with Gasteiger partial charge in [0.1, 0.15) is 18.0 Å². The predicted octanol–water partition coefficient (Wildman–Crippen LogP) is 4.87. The van der Waals surface area contributed by atoms with Crippen molar-refractivity contribution in [3.05, 3.63) is 40.3 Å². The van der Waals surface area contributed by atoms with Crippen LogP contribution < -0.4 is 5.32 Å². The molecule has 3 rings (SSSR count). The van der Waals surface area contributed by atoms with Gasteiger partial charge in [-0.1, -0.05) is 6.08 Å². The second kappa shape index (κ2) is 6.73. The Kier molecular flexibility index (Phi) is 4.73. The molecule has 1 heterocycles. The topological polar surface area (TPSA) is 77.9 Å². The number of benzene rings is 1. The van der Waals surface area contributed by atoms with Crippen molar-refractivity contribution >= 4 is 22.6 Å². The van der Waals surface area contributed by atoms with Crippen LogP contribution in [0.25, 0.3) is 16.5 Å². The number of halogens is 1. The van der Waals surface area contributed by atoms with Crippen LogP contribution >= 0.6 is 0 Å². The summed E-state index contributed by atoms with van der Waals surface area (Å²) in [6.07, 6.45) is 2.10. The summed E-state index contributed by atoms with van der Waals surface area (Å²) >= 11 is 0. The quantitative estimate of drug-likeness (QED) is 0.793. The first kappa shape index (κ1) is 19.0. The van der Waals surface area contributed by atoms with E-state index in [9.17, 15) is 14.4 Å². The number of nitrogens with zero attached hydrogens (tertiary/aromatic N) is 1. The minimum Gasteiger partial charge on any atom is -0.446 e. The molecule has 0 unspecified atom stereocenters. The molecule has 1 amide bonds. The summed E-state index contributed by atoms with van der Waals surface area (Å²) < 4.78 is 20.4. The van der Waals surface area contributed by atoms with Crippen LogP contribution in [0, 0.1) is 31.0 Å². The monoisotopic (exact) mass is 369 g/mol. The average Bonchev–Trinajstić information content (AvgIpc) is 3.11. The lowest BCUT2D eigenvalue weighted by Gasteiger charge is -2.22. The van der Waals surface area contributed by atoms with Gasteiger partial charge in [-0.25, -0.2) is 9.18 Å². The molecule has 142 valence electrons. The van der Waals surface area contributed by atoms with E-state index >= 15 is 0 Å². The zero-order valence-electron chi connectivity index (χ0n) is 16.3. The number of nitrogens with one attached hydrogen (secondary N) is 2. The summed E-state index contributed by atoms with van der Waals surface area (Å²) in [6.45, 7) is 9.47. The van der Waals surface area contributed by atoms with Crippen molar-refractivity contribution in [3.8, 4) is 6.07 Å². The van der Waals surface area contributed by atoms with Crippen LogP contribution in [0.3, 0.4) is 0 Å². The Morgan fingerprint density at radius 2 is 2.11 bits per heavy atom. The van der Waals surface area contributed by atoms with E-state index in [1.807, 2.05) is 40.7 Å². The SMILES string of the molecule is Cc1[nH]c2c(C#N)cc(F)c(C3=CC[C@H](OC(=O)NC(C)(C)C)C3)c2c1C. The smallest absolute Gasteiger partial charge is 0.407 e. The standard InChI is InChI=1S/C21H24FN3O2/c1-11-12(2)24-19-14(10-23)9-16(22)18(17(11)19)13-6-7-15(8-13)27-20(26)25-21(3,4)5/h6,9,15,24H,7-8H2,1-5H3,(H,25,26)/t15-/m0/s1. The number of H-pyrrole nitrogens is 1. The molecule has 0 saturated heterocycles. The Morgan fingerprint density at radius 3 is 2.74 bits per heavy atom. The lowest BCUT2D eigenvalue weighted by Crippen LogP contribution is -2.42. The van der Waals surface area contributed by atoms with Gasteiger partial charge in [0.2, 0.25) is 0 Å². The highest BCUT2D eigenvalue weighted by atomic mass is 19.1. The molecule has 0 radical (unpaired) electrons. The highest BCUT2D eigenvalue weighted by molar-refractivity contribution is 5.99. The fraction of sp³-hybridized carbons (Fsp3) is 0.429. The number of aryl methyl sites for hydroxylation is 2. The number of nitriles is 1. The fourth-order valence-corrected chi connectivity index (χ4v) is 3.49. The maximum absolute atomic E-state index is 14.9. The Morgan fingerprint density at radius 1 is 1.41 bits per heavy atom. The first-order valence-electron chi connectivity index (χ1n) is 9.00. The lowest BCUT2D eigenvalue weighted by molar-refractivity contribution is 0.0979. The average molecular weight is 369 g/mol. The van der Waals surface area contributed by atoms with Crippen molar-refractivity contribution in [2.45, 2.75) is 59.1 Å². The zero-order valence-corrected chi connectivity index (χ0v) is 16.3. The first-order chi connectivity index (χ1) is 12.6. The van der Waals surface area contributed by atoms with Gasteiger partial charge in [0, 0.05) is 35.0 Å². The van der Waals surface area contributed by atoms with Crippen LogP contribution in [0.4, 0.5) is 9.18 Å². The van der Waals surface area contributed by atoms with Crippen molar-refractivity contribution in [2.24, 2.45) is 0 Å². The number of hydrogen-bond donors (Lipinski definition) is 2. The Hall–Kier alpha value is -2.81. The number of alkyl carbamates (subject to hydrolysis) is 1. The number of fused-ring (bicyclic) bond motifs is 1. The van der Waals surface area contributed by atoms with Gasteiger partial charge in [-0.05, 0) is 51.8 Å². The molecule has 6 heteroatoms. The van der Waals surface area contributed by atoms with Crippen LogP contribution in [0.5, 0.6) is 0 Å². The summed E-state index contributed by atoms with van der Waals surface area (Å²) in [5, 5.41) is 12.8. The Bertz CT molecular complexity index is 990. The van der Waals surface area contributed by atoms with Crippen LogP contribution in [-0.4, -0.2) is 22.7 Å². The van der Waals surface area contributed by atoms with Gasteiger partial charge in [-0.2, -0.15) is 5.26 Å². The summed E-state index contributed by atoms with van der Waals surface area (Å²) in [5.41, 5.74) is 3.69. The lowest BCUT2D eigenvalue weighted by atomic mass is 9.95. The van der Waals surface area contributed by atoms with Gasteiger partial charge in [0.25, 0.3) is 0 Å². The third-order valence-electron chi connectivity index (χ3n) is 4.80. The van der Waals surface area contributed by atoms with Gasteiger partial charge in [-0.3, -0.25) is 0 Å². The van der Waals surface area contributed by atoms with Crippen molar-refractivity contribution in [1.29, 1.82) is 5.26 Å². The second-order valence-electron chi connectivity index (χ2n) is 8.09. The highest BCUT2D eigenvalue weighted by Crippen LogP contribution is 2.39. The van der Waals surface area contributed by atoms with E-state index in [0.717, 1.165) is 22.2 Å². The van der Waals surface area contributed by atoms with Gasteiger partial charge >= 0.3 is 6.09 Å². The van der Waals surface area contributed by atoms with Crippen molar-refractivity contribution in [1.82, 2.24) is 10.3 Å². The molecular formula is C21H24FN3O2. The van der Waals surface area contributed by atoms with Gasteiger partial charge < -0.3 is 15.0 Å². The molecule has 0 spiro atoms. The third kappa shape index (κ3) is 3.68. The summed E-state index contributed by atoms with van der Waals surface area (Å²) in [5.74, 6) is -0.424. The number of aromatic amines is 1. The fourth-order valence-electron chi connectivity index (χ4n) is 3.49. The van der Waals surface area contributed by atoms with Crippen LogP contribution in [0.2, 0.25) is 0 Å². The van der Waals surface area contributed by atoms with Gasteiger partial charge in [0.05, 0.1) is 11.1 Å². The van der Waals surface area contributed by atoms with E-state index < -0.39 is 11.9 Å². The zero-order chi connectivity index (χ0) is 19.9. The molecule has 0 saturated carbocycles. The molecule has 1 aromatic carbocycles. The highest BCUT2D eigenvalue weighted by Gasteiger charge is 2.28. The molecule has 1 aliphatic carbocycles. The maximum Gasteiger partial charge on any atom is 0.407 e. The van der Waals surface area contributed by atoms with E-state index in [1.54, 1.807) is 0 Å². The molecule has 5 nitrogen and oxygen atoms in total. The summed E-state index contributed by atoms with van der Waals surface area (Å²) in [4.78, 5) is 15.2. The summed E-state index contributed by atoms with van der Waals surface area (Å²) in [7, 11) is 0. The number of aromatic nitrogens is 1. The molecule has 2 N–H and O–H groups in total. The van der Waals surface area contributed by atoms with E-state index in [-0.39, 0.29) is 11.6 Å². The minimum atomic E-state index is -0.471. The van der Waals surface area contributed by atoms with E-state index in [0.29, 0.717) is 29.5 Å². The van der Waals surface area contributed by atoms with Crippen LogP contribution in [-0.2, 0) is 4.74 Å². The molecule has 1 aliphatic rings. The Labute approximate surface area is 158 Å². The van der Waals surface area contributed by atoms with Crippen LogP contribution in [0.1, 0.15) is 56.0 Å². The maximum atomic E-state index is 14.9. The molecule has 0 bridgehead atoms. The number of ether oxygens (including phenoxy) is 1. The number of amides is 1. The Balaban J connectivity index is 1.90. The molecule has 2 aromatic rings. The number of carbonyl (C=O) groups excluding carboxylic acids is 1. The summed E-state index contributed by atoms with van der Waals surface area (Å²) in [6, 6.07) is 3.33. The first-order valence-corrected chi connectivity index (χ1v) is 9.00. The van der Waals surface area contributed by atoms with Crippen LogP contribution in [0.15, 0.2) is 12.1 Å². The van der Waals surface area contributed by atoms with Crippen molar-refractivity contribution < 1.29 is 13.9 Å². The number of carbonyl (C=O) groups is 1. The van der Waals surface area contributed by atoms with E-state index in [2.05, 4.69) is 16.4 Å². The molecule has 0 fully saturated rings. The normalized spacial score (nSPS) is 16.9. The molecule has 1 aromatic heterocycles. The minimum absolute atomic E-state index is 0.290. The van der Waals surface area contributed by atoms with E-state index in [4.69, 9.17) is 4.74 Å². The molecular weight excluding hydrogens is 345 g/mol. The van der Waals surface area contributed by atoms with Crippen molar-refractivity contribution in [3.63, 3.8) is 0 Å². The molecule has 0 aliphatic heterocycles. The van der Waals surface area contributed by atoms with Gasteiger partial charge in [0.15, 0.2) is 0 Å².